The molecule has 3 aromatic carbocycles. The molecule has 3 N–H and O–H groups in total. The molecular formula is C60H72N2O18. The van der Waals surface area contributed by atoms with Crippen molar-refractivity contribution in [2.75, 3.05) is 39.6 Å². The molecule has 1 heterocycles. The minimum absolute atomic E-state index is 0.00565. The highest BCUT2D eigenvalue weighted by molar-refractivity contribution is 5.99. The quantitative estimate of drug-likeness (QED) is 0.0332. The number of alkyl carbamates (subject to hydrolysis) is 2. The molecule has 1 saturated heterocycles. The van der Waals surface area contributed by atoms with E-state index in [-0.39, 0.29) is 75.3 Å². The zero-order valence-electron chi connectivity index (χ0n) is 46.4. The lowest BCUT2D eigenvalue weighted by Gasteiger charge is -2.65. The maximum atomic E-state index is 15.8. The van der Waals surface area contributed by atoms with Crippen LogP contribution in [0, 0.1) is 28.6 Å². The summed E-state index contributed by atoms with van der Waals surface area (Å²) in [5.41, 5.74) is -5.71. The number of carbonyl (C=O) groups is 8. The summed E-state index contributed by atoms with van der Waals surface area (Å²) in [6.07, 6.45) is -7.58. The van der Waals surface area contributed by atoms with E-state index in [0.29, 0.717) is 17.5 Å². The van der Waals surface area contributed by atoms with Crippen LogP contribution in [0.1, 0.15) is 109 Å². The number of nitrogens with one attached hydrogen (secondary N) is 2. The number of fused-ring (bicyclic) bond motifs is 4. The normalized spacial score (nSPS) is 27.7. The van der Waals surface area contributed by atoms with E-state index in [1.165, 1.54) is 6.92 Å². The summed E-state index contributed by atoms with van der Waals surface area (Å²) < 4.78 is 52.8. The Balaban J connectivity index is 1.11. The van der Waals surface area contributed by atoms with Crippen molar-refractivity contribution < 1.29 is 86.1 Å². The molecule has 20 nitrogen and oxygen atoms in total. The van der Waals surface area contributed by atoms with Crippen molar-refractivity contribution >= 4 is 47.6 Å². The number of aliphatic hydroxyl groups is 1. The second kappa shape index (κ2) is 24.0. The summed E-state index contributed by atoms with van der Waals surface area (Å²) in [6, 6.07) is 24.3. The van der Waals surface area contributed by atoms with Crippen molar-refractivity contribution in [3.8, 4) is 0 Å². The van der Waals surface area contributed by atoms with Gasteiger partial charge in [0, 0.05) is 61.5 Å². The Morgan fingerprint density at radius 3 is 2.09 bits per heavy atom. The standard InChI is InChI=1S/C60H72N2O18/c1-35-44(77-53(68)50(48(40-22-16-11-17-23-40)62-55(70)80-56(4,5)6)78-46(66)33-73-27-26-72-25-24-61-54(69)74-32-38-18-12-9-13-19-38)31-60(71)42(29-43(65)39-20-14-10-15-21-39)51-58(52(67)49(76-36(2)63)47(35)57(60,7)8)30-41(58)28-45-59(51,34-75-45)79-37(3)64/h9-23,41-42,44-45,48-51,71H,24-34H2,1-8H3,(H,61,69)(H,62,70)/t41-,42+,44+,45-,48+,49-,50-,51+,58-,59+,60-/m1/s1. The van der Waals surface area contributed by atoms with Crippen molar-refractivity contribution in [1.29, 1.82) is 0 Å². The molecule has 3 saturated carbocycles. The third-order valence-electron chi connectivity index (χ3n) is 16.2. The summed E-state index contributed by atoms with van der Waals surface area (Å²) in [4.78, 5) is 112. The average Bonchev–Trinajstić information content (AvgIpc) is 2.14. The van der Waals surface area contributed by atoms with Crippen LogP contribution in [0.25, 0.3) is 0 Å². The largest absolute Gasteiger partial charge is 0.455 e. The number of esters is 4. The minimum Gasteiger partial charge on any atom is -0.455 e. The van der Waals surface area contributed by atoms with Gasteiger partial charge >= 0.3 is 36.1 Å². The van der Waals surface area contributed by atoms with E-state index in [1.807, 2.05) is 30.3 Å². The third-order valence-corrected chi connectivity index (χ3v) is 16.2. The number of Topliss-reactive ketones (excluding diaryl/α,β-unsaturated/α-hetero) is 2. The Morgan fingerprint density at radius 1 is 0.812 bits per heavy atom. The Kier molecular flexibility index (Phi) is 17.7. The van der Waals surface area contributed by atoms with E-state index in [4.69, 9.17) is 42.6 Å². The highest BCUT2D eigenvalue weighted by Crippen LogP contribution is 2.76. The molecule has 20 heteroatoms. The lowest BCUT2D eigenvalue weighted by molar-refractivity contribution is -0.316. The molecule has 0 radical (unpaired) electrons. The molecule has 2 bridgehead atoms. The van der Waals surface area contributed by atoms with Gasteiger partial charge in [-0.1, -0.05) is 105 Å². The summed E-state index contributed by atoms with van der Waals surface area (Å²) in [6.45, 7) is 11.6. The number of benzene rings is 3. The average molecular weight is 1110 g/mol. The van der Waals surface area contributed by atoms with Crippen molar-refractivity contribution in [3.05, 3.63) is 119 Å². The van der Waals surface area contributed by atoms with Crippen LogP contribution in [0.5, 0.6) is 0 Å². The molecule has 4 aliphatic carbocycles. The second-order valence-electron chi connectivity index (χ2n) is 22.8. The van der Waals surface area contributed by atoms with Gasteiger partial charge in [0.15, 0.2) is 23.3 Å². The molecule has 430 valence electrons. The molecule has 8 rings (SSSR count). The Morgan fingerprint density at radius 2 is 1.46 bits per heavy atom. The lowest BCUT2D eigenvalue weighted by Crippen LogP contribution is -2.76. The van der Waals surface area contributed by atoms with Gasteiger partial charge in [-0.3, -0.25) is 19.2 Å². The zero-order chi connectivity index (χ0) is 57.8. The van der Waals surface area contributed by atoms with E-state index in [1.54, 1.807) is 102 Å². The van der Waals surface area contributed by atoms with E-state index in [0.717, 1.165) is 12.5 Å². The molecule has 80 heavy (non-hydrogen) atoms. The first-order valence-corrected chi connectivity index (χ1v) is 27.0. The fraction of sp³-hybridized carbons (Fsp3) is 0.533. The van der Waals surface area contributed by atoms with Crippen molar-refractivity contribution in [2.45, 2.75) is 135 Å². The van der Waals surface area contributed by atoms with Gasteiger partial charge in [-0.15, -0.1) is 0 Å². The minimum atomic E-state index is -2.14. The van der Waals surface area contributed by atoms with Gasteiger partial charge in [-0.2, -0.15) is 0 Å². The first kappa shape index (κ1) is 59.1. The van der Waals surface area contributed by atoms with Gasteiger partial charge in [0.25, 0.3) is 0 Å². The summed E-state index contributed by atoms with van der Waals surface area (Å²) in [7, 11) is 0. The van der Waals surface area contributed by atoms with Crippen LogP contribution in [-0.4, -0.2) is 134 Å². The van der Waals surface area contributed by atoms with E-state index < -0.39 is 125 Å². The Bertz CT molecular complexity index is 2830. The van der Waals surface area contributed by atoms with Gasteiger partial charge < -0.3 is 58.4 Å². The van der Waals surface area contributed by atoms with Crippen LogP contribution in [-0.2, 0) is 73.2 Å². The van der Waals surface area contributed by atoms with Crippen LogP contribution in [0.2, 0.25) is 0 Å². The van der Waals surface area contributed by atoms with Gasteiger partial charge in [0.2, 0.25) is 6.10 Å². The van der Waals surface area contributed by atoms with Crippen molar-refractivity contribution in [1.82, 2.24) is 10.6 Å². The maximum Gasteiger partial charge on any atom is 0.408 e. The number of hydrogen-bond donors (Lipinski definition) is 3. The van der Waals surface area contributed by atoms with Gasteiger partial charge in [-0.05, 0) is 68.7 Å². The van der Waals surface area contributed by atoms with Crippen LogP contribution in [0.3, 0.4) is 0 Å². The van der Waals surface area contributed by atoms with Crippen LogP contribution < -0.4 is 10.6 Å². The second-order valence-corrected chi connectivity index (χ2v) is 22.8. The molecule has 0 unspecified atom stereocenters. The molecule has 1 spiro atoms. The first-order chi connectivity index (χ1) is 37.9. The summed E-state index contributed by atoms with van der Waals surface area (Å²) in [5, 5.41) is 19.4. The lowest BCUT2D eigenvalue weighted by atomic mass is 9.45. The van der Waals surface area contributed by atoms with E-state index in [9.17, 15) is 33.9 Å². The molecule has 4 fully saturated rings. The number of ketones is 2. The third kappa shape index (κ3) is 12.3. The highest BCUT2D eigenvalue weighted by Gasteiger charge is 2.83. The molecule has 3 aromatic rings. The number of hydrogen-bond acceptors (Lipinski definition) is 18. The zero-order valence-corrected chi connectivity index (χ0v) is 46.4. The van der Waals surface area contributed by atoms with Gasteiger partial charge in [0.05, 0.1) is 32.0 Å². The van der Waals surface area contributed by atoms with Gasteiger partial charge in [0.1, 0.15) is 37.1 Å². The molecule has 0 aromatic heterocycles. The fourth-order valence-corrected chi connectivity index (χ4v) is 12.7. The number of carbonyl (C=O) groups excluding carboxylic acids is 8. The summed E-state index contributed by atoms with van der Waals surface area (Å²) in [5.74, 6) is -7.26. The predicted molar refractivity (Wildman–Crippen MR) is 283 cm³/mol. The smallest absolute Gasteiger partial charge is 0.408 e. The van der Waals surface area contributed by atoms with Crippen LogP contribution >= 0.6 is 0 Å². The van der Waals surface area contributed by atoms with E-state index >= 15 is 9.59 Å². The van der Waals surface area contributed by atoms with Crippen molar-refractivity contribution in [3.63, 3.8) is 0 Å². The van der Waals surface area contributed by atoms with Crippen molar-refractivity contribution in [2.24, 2.45) is 28.6 Å². The monoisotopic (exact) mass is 1110 g/mol. The van der Waals surface area contributed by atoms with Crippen LogP contribution in [0.4, 0.5) is 9.59 Å². The summed E-state index contributed by atoms with van der Waals surface area (Å²) >= 11 is 0. The van der Waals surface area contributed by atoms with Gasteiger partial charge in [-0.25, -0.2) is 19.2 Å². The van der Waals surface area contributed by atoms with E-state index in [2.05, 4.69) is 10.6 Å². The maximum absolute atomic E-state index is 15.8. The fourth-order valence-electron chi connectivity index (χ4n) is 12.7. The number of rotatable bonds is 21. The molecule has 11 atom stereocenters. The Hall–Kier alpha value is -7.00. The first-order valence-electron chi connectivity index (χ1n) is 27.0. The van der Waals surface area contributed by atoms with Crippen LogP contribution in [0.15, 0.2) is 102 Å². The number of amides is 2. The Labute approximate surface area is 464 Å². The molecule has 5 aliphatic rings. The SMILES string of the molecule is CC(=O)O[C@H]1C(=O)[C@]23C[C@H]2C[C@H]2OC[C@@]2(OC(C)=O)[C@H]3[C@H](CC(=O)c2ccccc2)[C@]2(O)C[C@H](OC(=O)[C@H](OC(=O)COCCOCCNC(=O)OCc3ccccc3)[C@@H](NC(=O)OC(C)(C)C)c3ccccc3)C(C)=C1C2(C)C. The molecule has 2 amide bonds. The molecule has 1 aliphatic heterocycles. The number of ether oxygens (including phenoxy) is 9. The highest BCUT2D eigenvalue weighted by atomic mass is 16.6. The predicted octanol–water partition coefficient (Wildman–Crippen LogP) is 6.64. The molecular weight excluding hydrogens is 1040 g/mol. The topological polar surface area (TPSA) is 264 Å².